The van der Waals surface area contributed by atoms with Gasteiger partial charge in [0.15, 0.2) is 0 Å². The average Bonchev–Trinajstić information content (AvgIpc) is 3.43. The molecule has 3 aromatic rings. The lowest BCUT2D eigenvalue weighted by molar-refractivity contribution is 0.0904. The Bertz CT molecular complexity index is 1140. The molecule has 7 heteroatoms. The lowest BCUT2D eigenvalue weighted by atomic mass is 9.97. The van der Waals surface area contributed by atoms with Gasteiger partial charge in [-0.05, 0) is 56.4 Å². The van der Waals surface area contributed by atoms with Crippen molar-refractivity contribution in [3.8, 4) is 0 Å². The number of imidazole rings is 1. The summed E-state index contributed by atoms with van der Waals surface area (Å²) < 4.78 is 7.40. The molecule has 2 aromatic heterocycles. The summed E-state index contributed by atoms with van der Waals surface area (Å²) in [6, 6.07) is 9.38. The summed E-state index contributed by atoms with van der Waals surface area (Å²) in [5.41, 5.74) is 3.24. The third kappa shape index (κ3) is 4.35. The smallest absolute Gasteiger partial charge is 0.263 e. The van der Waals surface area contributed by atoms with E-state index in [0.29, 0.717) is 17.9 Å². The number of hydrogen-bond acceptors (Lipinski definition) is 4. The second kappa shape index (κ2) is 9.28. The number of hydrogen-bond donors (Lipinski definition) is 2. The standard InChI is InChI=1S/C25H32N4O3/c1-5-15(2)22(23-26-19-10-6-7-11-20(19)27-23)28-24(30)21-16(3)13-17(4)29(25(21)31)14-18-9-8-12-32-18/h6-7,10-11,13,15,18,22H,5,8-9,12,14H2,1-4H3,(H,26,27)(H,28,30)/t15-,18+,22+/m0/s1. The van der Waals surface area contributed by atoms with Crippen LogP contribution in [0.4, 0.5) is 0 Å². The number of nitrogens with zero attached hydrogens (tertiary/aromatic N) is 2. The van der Waals surface area contributed by atoms with Gasteiger partial charge in [0.1, 0.15) is 11.4 Å². The molecule has 32 heavy (non-hydrogen) atoms. The van der Waals surface area contributed by atoms with E-state index in [0.717, 1.165) is 42.6 Å². The van der Waals surface area contributed by atoms with E-state index in [1.165, 1.54) is 0 Å². The molecule has 0 spiro atoms. The normalized spacial score (nSPS) is 18.1. The minimum absolute atomic E-state index is 0.0217. The van der Waals surface area contributed by atoms with Gasteiger partial charge in [0.25, 0.3) is 11.5 Å². The third-order valence-electron chi connectivity index (χ3n) is 6.54. The molecule has 1 amide bonds. The summed E-state index contributed by atoms with van der Waals surface area (Å²) >= 11 is 0. The van der Waals surface area contributed by atoms with Crippen molar-refractivity contribution < 1.29 is 9.53 Å². The number of H-pyrrole nitrogens is 1. The van der Waals surface area contributed by atoms with Crippen molar-refractivity contribution in [1.29, 1.82) is 0 Å². The molecule has 3 atom stereocenters. The Morgan fingerprint density at radius 2 is 2.12 bits per heavy atom. The molecule has 170 valence electrons. The van der Waals surface area contributed by atoms with Gasteiger partial charge in [-0.25, -0.2) is 4.98 Å². The van der Waals surface area contributed by atoms with E-state index in [2.05, 4.69) is 24.1 Å². The quantitative estimate of drug-likeness (QED) is 0.585. The topological polar surface area (TPSA) is 89.0 Å². The van der Waals surface area contributed by atoms with E-state index >= 15 is 0 Å². The van der Waals surface area contributed by atoms with E-state index < -0.39 is 0 Å². The van der Waals surface area contributed by atoms with Crippen LogP contribution in [-0.2, 0) is 11.3 Å². The molecule has 0 bridgehead atoms. The van der Waals surface area contributed by atoms with E-state index in [4.69, 9.17) is 9.72 Å². The highest BCUT2D eigenvalue weighted by Crippen LogP contribution is 2.25. The maximum absolute atomic E-state index is 13.4. The minimum atomic E-state index is -0.362. The Hall–Kier alpha value is -2.93. The molecule has 1 saturated heterocycles. The second-order valence-electron chi connectivity index (χ2n) is 8.87. The number of carbonyl (C=O) groups is 1. The molecule has 0 unspecified atom stereocenters. The predicted molar refractivity (Wildman–Crippen MR) is 125 cm³/mol. The molecule has 1 aromatic carbocycles. The molecule has 7 nitrogen and oxygen atoms in total. The largest absolute Gasteiger partial charge is 0.376 e. The van der Waals surface area contributed by atoms with Gasteiger partial charge in [0.05, 0.1) is 29.7 Å². The Labute approximate surface area is 188 Å². The summed E-state index contributed by atoms with van der Waals surface area (Å²) in [6.07, 6.45) is 2.82. The predicted octanol–water partition coefficient (Wildman–Crippen LogP) is 4.04. The van der Waals surface area contributed by atoms with Gasteiger partial charge in [0.2, 0.25) is 0 Å². The highest BCUT2D eigenvalue weighted by molar-refractivity contribution is 5.95. The number of amides is 1. The van der Waals surface area contributed by atoms with Crippen LogP contribution in [0.15, 0.2) is 35.1 Å². The monoisotopic (exact) mass is 436 g/mol. The number of nitrogens with one attached hydrogen (secondary N) is 2. The number of carbonyl (C=O) groups excluding carboxylic acids is 1. The fourth-order valence-electron chi connectivity index (χ4n) is 4.47. The molecule has 1 aliphatic heterocycles. The highest BCUT2D eigenvalue weighted by Gasteiger charge is 2.27. The maximum atomic E-state index is 13.4. The van der Waals surface area contributed by atoms with Gasteiger partial charge >= 0.3 is 0 Å². The molecule has 0 radical (unpaired) electrons. The van der Waals surface area contributed by atoms with Crippen LogP contribution >= 0.6 is 0 Å². The van der Waals surface area contributed by atoms with Gasteiger partial charge in [-0.2, -0.15) is 0 Å². The summed E-state index contributed by atoms with van der Waals surface area (Å²) in [7, 11) is 0. The van der Waals surface area contributed by atoms with E-state index in [1.807, 2.05) is 44.2 Å². The van der Waals surface area contributed by atoms with Crippen LogP contribution in [0.3, 0.4) is 0 Å². The molecular formula is C25H32N4O3. The van der Waals surface area contributed by atoms with Gasteiger partial charge < -0.3 is 19.6 Å². The van der Waals surface area contributed by atoms with Crippen molar-refractivity contribution in [2.75, 3.05) is 6.61 Å². The number of rotatable bonds is 7. The van der Waals surface area contributed by atoms with E-state index in [1.54, 1.807) is 4.57 Å². The van der Waals surface area contributed by atoms with Crippen LogP contribution in [-0.4, -0.2) is 33.2 Å². The van der Waals surface area contributed by atoms with Crippen molar-refractivity contribution in [2.24, 2.45) is 5.92 Å². The molecule has 1 fully saturated rings. The summed E-state index contributed by atoms with van der Waals surface area (Å²) in [4.78, 5) is 34.8. The summed E-state index contributed by atoms with van der Waals surface area (Å²) in [5.74, 6) is 0.483. The summed E-state index contributed by atoms with van der Waals surface area (Å²) in [5, 5.41) is 3.11. The van der Waals surface area contributed by atoms with Crippen molar-refractivity contribution in [3.05, 3.63) is 63.3 Å². The first-order valence-electron chi connectivity index (χ1n) is 11.5. The van der Waals surface area contributed by atoms with Gasteiger partial charge in [0, 0.05) is 12.3 Å². The van der Waals surface area contributed by atoms with Crippen LogP contribution in [0.5, 0.6) is 0 Å². The van der Waals surface area contributed by atoms with Crippen LogP contribution < -0.4 is 10.9 Å². The van der Waals surface area contributed by atoms with E-state index in [-0.39, 0.29) is 35.1 Å². The lowest BCUT2D eigenvalue weighted by Gasteiger charge is -2.23. The van der Waals surface area contributed by atoms with Crippen LogP contribution in [0.1, 0.15) is 66.6 Å². The van der Waals surface area contributed by atoms with Crippen molar-refractivity contribution in [1.82, 2.24) is 19.9 Å². The number of ether oxygens (including phenoxy) is 1. The Balaban J connectivity index is 1.66. The SMILES string of the molecule is CC[C@H](C)[C@@H](NC(=O)c1c(C)cc(C)n(C[C@H]2CCCO2)c1=O)c1nc2ccccc2[nH]1. The number of aromatic amines is 1. The Kier molecular flexibility index (Phi) is 6.46. The van der Waals surface area contributed by atoms with E-state index in [9.17, 15) is 9.59 Å². The van der Waals surface area contributed by atoms with Gasteiger partial charge in [-0.3, -0.25) is 9.59 Å². The second-order valence-corrected chi connectivity index (χ2v) is 8.87. The lowest BCUT2D eigenvalue weighted by Crippen LogP contribution is -2.39. The average molecular weight is 437 g/mol. The zero-order valence-corrected chi connectivity index (χ0v) is 19.3. The van der Waals surface area contributed by atoms with Crippen molar-refractivity contribution in [3.63, 3.8) is 0 Å². The maximum Gasteiger partial charge on any atom is 0.263 e. The molecule has 0 aliphatic carbocycles. The van der Waals surface area contributed by atoms with Crippen molar-refractivity contribution >= 4 is 16.9 Å². The first-order valence-corrected chi connectivity index (χ1v) is 11.5. The van der Waals surface area contributed by atoms with Gasteiger partial charge in [-0.1, -0.05) is 32.4 Å². The Morgan fingerprint density at radius 1 is 1.34 bits per heavy atom. The number of fused-ring (bicyclic) bond motifs is 1. The fraction of sp³-hybridized carbons (Fsp3) is 0.480. The number of aryl methyl sites for hydroxylation is 2. The number of pyridine rings is 1. The highest BCUT2D eigenvalue weighted by atomic mass is 16.5. The summed E-state index contributed by atoms with van der Waals surface area (Å²) in [6.45, 7) is 9.09. The number of benzene rings is 1. The first-order chi connectivity index (χ1) is 15.4. The Morgan fingerprint density at radius 3 is 2.81 bits per heavy atom. The molecule has 1 aliphatic rings. The van der Waals surface area contributed by atoms with Crippen molar-refractivity contribution in [2.45, 2.75) is 65.6 Å². The molecule has 2 N–H and O–H groups in total. The zero-order valence-electron chi connectivity index (χ0n) is 19.3. The molecule has 3 heterocycles. The van der Waals surface area contributed by atoms with Crippen LogP contribution in [0.2, 0.25) is 0 Å². The molecule has 4 rings (SSSR count). The van der Waals surface area contributed by atoms with Crippen LogP contribution in [0, 0.1) is 19.8 Å². The fourth-order valence-corrected chi connectivity index (χ4v) is 4.47. The third-order valence-corrected chi connectivity index (χ3v) is 6.54. The molecule has 0 saturated carbocycles. The number of aromatic nitrogens is 3. The minimum Gasteiger partial charge on any atom is -0.376 e. The van der Waals surface area contributed by atoms with Gasteiger partial charge in [-0.15, -0.1) is 0 Å². The first kappa shape index (κ1) is 22.3. The zero-order chi connectivity index (χ0) is 22.8. The molecular weight excluding hydrogens is 404 g/mol. The van der Waals surface area contributed by atoms with Crippen LogP contribution in [0.25, 0.3) is 11.0 Å². The number of para-hydroxylation sites is 2.